The normalized spacial score (nSPS) is 10.2. The summed E-state index contributed by atoms with van der Waals surface area (Å²) in [5.74, 6) is 0.184. The lowest BCUT2D eigenvalue weighted by Crippen LogP contribution is -2.27. The number of hydrogen-bond acceptors (Lipinski definition) is 3. The lowest BCUT2D eigenvalue weighted by atomic mass is 10.1. The zero-order chi connectivity index (χ0) is 14.4. The van der Waals surface area contributed by atoms with Crippen LogP contribution >= 0.6 is 0 Å². The molecule has 0 fully saturated rings. The Balaban J connectivity index is 1.75. The average Bonchev–Trinajstić information content (AvgIpc) is 2.44. The van der Waals surface area contributed by atoms with Crippen LogP contribution in [0.4, 0.5) is 5.69 Å². The molecule has 0 bridgehead atoms. The van der Waals surface area contributed by atoms with Crippen molar-refractivity contribution in [2.45, 2.75) is 12.8 Å². The van der Waals surface area contributed by atoms with Crippen LogP contribution in [0.2, 0.25) is 0 Å². The van der Waals surface area contributed by atoms with Crippen LogP contribution in [0.25, 0.3) is 0 Å². The predicted molar refractivity (Wildman–Crippen MR) is 79.4 cm³/mol. The van der Waals surface area contributed by atoms with Gasteiger partial charge in [-0.1, -0.05) is 24.3 Å². The zero-order valence-corrected chi connectivity index (χ0v) is 11.2. The molecule has 0 spiro atoms. The second kappa shape index (κ2) is 6.61. The molecule has 0 heterocycles. The van der Waals surface area contributed by atoms with E-state index in [0.717, 1.165) is 23.2 Å². The minimum Gasteiger partial charge on any atom is -0.508 e. The standard InChI is InChI=1S/C16H18N2O2/c17-14-5-1-12(2-6-14)9-10-18-16(20)11-13-3-7-15(19)8-4-13/h1-8,19H,9-11,17H2,(H,18,20). The Bertz CT molecular complexity index is 562. The van der Waals surface area contributed by atoms with Crippen LogP contribution in [0, 0.1) is 0 Å². The van der Waals surface area contributed by atoms with Crippen LogP contribution in [0.5, 0.6) is 5.75 Å². The van der Waals surface area contributed by atoms with Gasteiger partial charge in [-0.2, -0.15) is 0 Å². The number of amides is 1. The Kier molecular flexibility index (Phi) is 4.60. The smallest absolute Gasteiger partial charge is 0.224 e. The molecule has 4 heteroatoms. The average molecular weight is 270 g/mol. The number of rotatable bonds is 5. The van der Waals surface area contributed by atoms with E-state index in [1.165, 1.54) is 0 Å². The number of carbonyl (C=O) groups excluding carboxylic acids is 1. The lowest BCUT2D eigenvalue weighted by Gasteiger charge is -2.06. The Hall–Kier alpha value is -2.49. The van der Waals surface area contributed by atoms with Crippen LogP contribution in [-0.2, 0) is 17.6 Å². The summed E-state index contributed by atoms with van der Waals surface area (Å²) in [5.41, 5.74) is 8.38. The maximum absolute atomic E-state index is 11.7. The molecule has 2 aromatic rings. The van der Waals surface area contributed by atoms with E-state index in [-0.39, 0.29) is 11.7 Å². The highest BCUT2D eigenvalue weighted by atomic mass is 16.3. The third-order valence-corrected chi connectivity index (χ3v) is 3.02. The van der Waals surface area contributed by atoms with Crippen molar-refractivity contribution in [3.8, 4) is 5.75 Å². The quantitative estimate of drug-likeness (QED) is 0.726. The van der Waals surface area contributed by atoms with Gasteiger partial charge < -0.3 is 16.2 Å². The fraction of sp³-hybridized carbons (Fsp3) is 0.188. The van der Waals surface area contributed by atoms with E-state index >= 15 is 0 Å². The topological polar surface area (TPSA) is 75.3 Å². The molecule has 0 aliphatic heterocycles. The Morgan fingerprint density at radius 1 is 1.00 bits per heavy atom. The molecule has 20 heavy (non-hydrogen) atoms. The van der Waals surface area contributed by atoms with Gasteiger partial charge in [0.25, 0.3) is 0 Å². The van der Waals surface area contributed by atoms with Crippen molar-refractivity contribution in [2.75, 3.05) is 12.3 Å². The minimum absolute atomic E-state index is 0.0221. The number of anilines is 1. The number of benzene rings is 2. The molecule has 1 amide bonds. The van der Waals surface area contributed by atoms with Crippen molar-refractivity contribution in [1.82, 2.24) is 5.32 Å². The minimum atomic E-state index is -0.0221. The molecule has 104 valence electrons. The van der Waals surface area contributed by atoms with Crippen LogP contribution in [0.3, 0.4) is 0 Å². The number of aromatic hydroxyl groups is 1. The number of nitrogen functional groups attached to an aromatic ring is 1. The maximum atomic E-state index is 11.7. The van der Waals surface area contributed by atoms with Gasteiger partial charge in [-0.15, -0.1) is 0 Å². The van der Waals surface area contributed by atoms with Crippen molar-refractivity contribution in [2.24, 2.45) is 0 Å². The number of phenolic OH excluding ortho intramolecular Hbond substituents is 1. The highest BCUT2D eigenvalue weighted by molar-refractivity contribution is 5.78. The van der Waals surface area contributed by atoms with Crippen molar-refractivity contribution in [3.63, 3.8) is 0 Å². The van der Waals surface area contributed by atoms with Gasteiger partial charge in [-0.25, -0.2) is 0 Å². The van der Waals surface area contributed by atoms with Gasteiger partial charge in [0.1, 0.15) is 5.75 Å². The van der Waals surface area contributed by atoms with E-state index in [1.54, 1.807) is 24.3 Å². The van der Waals surface area contributed by atoms with Gasteiger partial charge >= 0.3 is 0 Å². The summed E-state index contributed by atoms with van der Waals surface area (Å²) in [4.78, 5) is 11.7. The molecule has 0 saturated heterocycles. The largest absolute Gasteiger partial charge is 0.508 e. The molecule has 0 aliphatic rings. The van der Waals surface area contributed by atoms with Crippen LogP contribution < -0.4 is 11.1 Å². The first-order valence-electron chi connectivity index (χ1n) is 6.52. The maximum Gasteiger partial charge on any atom is 0.224 e. The van der Waals surface area contributed by atoms with E-state index in [4.69, 9.17) is 10.8 Å². The summed E-state index contributed by atoms with van der Waals surface area (Å²) in [7, 11) is 0. The van der Waals surface area contributed by atoms with Gasteiger partial charge in [0.2, 0.25) is 5.91 Å². The zero-order valence-electron chi connectivity index (χ0n) is 11.2. The van der Waals surface area contributed by atoms with E-state index in [9.17, 15) is 4.79 Å². The van der Waals surface area contributed by atoms with Gasteiger partial charge in [0, 0.05) is 12.2 Å². The molecule has 0 unspecified atom stereocenters. The van der Waals surface area contributed by atoms with Gasteiger partial charge in [0.05, 0.1) is 6.42 Å². The fourth-order valence-corrected chi connectivity index (χ4v) is 1.89. The molecule has 0 atom stereocenters. The summed E-state index contributed by atoms with van der Waals surface area (Å²) >= 11 is 0. The number of phenols is 1. The second-order valence-electron chi connectivity index (χ2n) is 4.68. The first-order valence-corrected chi connectivity index (χ1v) is 6.52. The van der Waals surface area contributed by atoms with Crippen LogP contribution in [-0.4, -0.2) is 17.6 Å². The van der Waals surface area contributed by atoms with E-state index < -0.39 is 0 Å². The number of nitrogens with two attached hydrogens (primary N) is 1. The van der Waals surface area contributed by atoms with E-state index in [1.807, 2.05) is 24.3 Å². The van der Waals surface area contributed by atoms with Crippen molar-refractivity contribution < 1.29 is 9.90 Å². The number of nitrogens with one attached hydrogen (secondary N) is 1. The summed E-state index contributed by atoms with van der Waals surface area (Å²) in [6, 6.07) is 14.3. The molecular weight excluding hydrogens is 252 g/mol. The Morgan fingerprint density at radius 2 is 1.60 bits per heavy atom. The van der Waals surface area contributed by atoms with Crippen molar-refractivity contribution in [1.29, 1.82) is 0 Å². The Morgan fingerprint density at radius 3 is 2.25 bits per heavy atom. The van der Waals surface area contributed by atoms with Gasteiger partial charge in [-0.05, 0) is 41.8 Å². The third-order valence-electron chi connectivity index (χ3n) is 3.02. The van der Waals surface area contributed by atoms with E-state index in [0.29, 0.717) is 13.0 Å². The fourth-order valence-electron chi connectivity index (χ4n) is 1.89. The van der Waals surface area contributed by atoms with Gasteiger partial charge in [0.15, 0.2) is 0 Å². The van der Waals surface area contributed by atoms with E-state index in [2.05, 4.69) is 5.32 Å². The monoisotopic (exact) mass is 270 g/mol. The highest BCUT2D eigenvalue weighted by Gasteiger charge is 2.03. The molecular formula is C16H18N2O2. The molecule has 4 N–H and O–H groups in total. The molecule has 4 nitrogen and oxygen atoms in total. The summed E-state index contributed by atoms with van der Waals surface area (Å²) in [5, 5.41) is 12.0. The van der Waals surface area contributed by atoms with Crippen LogP contribution in [0.1, 0.15) is 11.1 Å². The van der Waals surface area contributed by atoms with Crippen molar-refractivity contribution in [3.05, 3.63) is 59.7 Å². The molecule has 2 aromatic carbocycles. The van der Waals surface area contributed by atoms with Crippen LogP contribution in [0.15, 0.2) is 48.5 Å². The molecule has 2 rings (SSSR count). The summed E-state index contributed by atoms with van der Waals surface area (Å²) in [6.45, 7) is 0.598. The molecule has 0 aliphatic carbocycles. The molecule has 0 aromatic heterocycles. The third kappa shape index (κ3) is 4.31. The summed E-state index contributed by atoms with van der Waals surface area (Å²) < 4.78 is 0. The van der Waals surface area contributed by atoms with Gasteiger partial charge in [-0.3, -0.25) is 4.79 Å². The number of hydrogen-bond donors (Lipinski definition) is 3. The SMILES string of the molecule is Nc1ccc(CCNC(=O)Cc2ccc(O)cc2)cc1. The first kappa shape index (κ1) is 13.9. The Labute approximate surface area is 118 Å². The highest BCUT2D eigenvalue weighted by Crippen LogP contribution is 2.10. The molecule has 0 radical (unpaired) electrons. The lowest BCUT2D eigenvalue weighted by molar-refractivity contribution is -0.120. The second-order valence-corrected chi connectivity index (χ2v) is 4.68. The van der Waals surface area contributed by atoms with Crippen molar-refractivity contribution >= 4 is 11.6 Å². The first-order chi connectivity index (χ1) is 9.63. The summed E-state index contributed by atoms with van der Waals surface area (Å²) in [6.07, 6.45) is 1.10. The number of carbonyl (C=O) groups is 1. The molecule has 0 saturated carbocycles. The predicted octanol–water partition coefficient (Wildman–Crippen LogP) is 1.88.